The van der Waals surface area contributed by atoms with Crippen LogP contribution in [0.25, 0.3) is 0 Å². The van der Waals surface area contributed by atoms with Gasteiger partial charge in [0.1, 0.15) is 11.5 Å². The SMILES string of the molecule is CCOc1cncc(C(=O)COc2ccc(Cl)cc2)c1. The van der Waals surface area contributed by atoms with E-state index in [-0.39, 0.29) is 12.4 Å². The topological polar surface area (TPSA) is 48.4 Å². The number of carbonyl (C=O) groups is 1. The second kappa shape index (κ2) is 6.91. The lowest BCUT2D eigenvalue weighted by atomic mass is 10.2. The Morgan fingerprint density at radius 3 is 2.60 bits per heavy atom. The third-order valence-corrected chi connectivity index (χ3v) is 2.78. The van der Waals surface area contributed by atoms with Crippen molar-refractivity contribution in [2.24, 2.45) is 0 Å². The van der Waals surface area contributed by atoms with Gasteiger partial charge in [-0.3, -0.25) is 9.78 Å². The first kappa shape index (κ1) is 14.3. The van der Waals surface area contributed by atoms with E-state index in [1.807, 2.05) is 6.92 Å². The van der Waals surface area contributed by atoms with E-state index in [9.17, 15) is 4.79 Å². The molecule has 5 heteroatoms. The molecule has 1 heterocycles. The van der Waals surface area contributed by atoms with E-state index in [2.05, 4.69) is 4.98 Å². The van der Waals surface area contributed by atoms with Crippen LogP contribution in [0.1, 0.15) is 17.3 Å². The molecule has 0 radical (unpaired) electrons. The normalized spacial score (nSPS) is 10.1. The molecule has 0 atom stereocenters. The molecule has 0 amide bonds. The Labute approximate surface area is 122 Å². The zero-order valence-electron chi connectivity index (χ0n) is 11.0. The summed E-state index contributed by atoms with van der Waals surface area (Å²) in [6.07, 6.45) is 3.07. The maximum atomic E-state index is 12.0. The van der Waals surface area contributed by atoms with Crippen LogP contribution in [0.5, 0.6) is 11.5 Å². The molecule has 0 spiro atoms. The molecule has 0 aliphatic carbocycles. The van der Waals surface area contributed by atoms with Gasteiger partial charge < -0.3 is 9.47 Å². The Morgan fingerprint density at radius 2 is 1.90 bits per heavy atom. The number of rotatable bonds is 6. The summed E-state index contributed by atoms with van der Waals surface area (Å²) in [5.41, 5.74) is 0.463. The minimum Gasteiger partial charge on any atom is -0.492 e. The lowest BCUT2D eigenvalue weighted by Gasteiger charge is -2.07. The average molecular weight is 292 g/mol. The monoisotopic (exact) mass is 291 g/mol. The van der Waals surface area contributed by atoms with Crippen LogP contribution in [0, 0.1) is 0 Å². The standard InChI is InChI=1S/C15H14ClNO3/c1-2-19-14-7-11(8-17-9-14)15(18)10-20-13-5-3-12(16)4-6-13/h3-9H,2,10H2,1H3. The van der Waals surface area contributed by atoms with E-state index < -0.39 is 0 Å². The minimum absolute atomic E-state index is 0.0567. The highest BCUT2D eigenvalue weighted by Crippen LogP contribution is 2.16. The van der Waals surface area contributed by atoms with Gasteiger partial charge in [-0.25, -0.2) is 0 Å². The third kappa shape index (κ3) is 3.96. The molecule has 0 fully saturated rings. The Balaban J connectivity index is 1.97. The number of benzene rings is 1. The van der Waals surface area contributed by atoms with E-state index in [1.54, 1.807) is 36.5 Å². The van der Waals surface area contributed by atoms with Crippen molar-refractivity contribution in [3.8, 4) is 11.5 Å². The molecule has 1 aromatic carbocycles. The van der Waals surface area contributed by atoms with Crippen molar-refractivity contribution < 1.29 is 14.3 Å². The molecule has 2 rings (SSSR count). The minimum atomic E-state index is -0.158. The van der Waals surface area contributed by atoms with Crippen molar-refractivity contribution in [2.45, 2.75) is 6.92 Å². The van der Waals surface area contributed by atoms with Gasteiger partial charge in [0.05, 0.1) is 12.8 Å². The van der Waals surface area contributed by atoms with Gasteiger partial charge in [0.25, 0.3) is 0 Å². The number of Topliss-reactive ketones (excluding diaryl/α,β-unsaturated/α-hetero) is 1. The number of carbonyl (C=O) groups excluding carboxylic acids is 1. The van der Waals surface area contributed by atoms with Crippen LogP contribution in [0.4, 0.5) is 0 Å². The van der Waals surface area contributed by atoms with Gasteiger partial charge in [-0.2, -0.15) is 0 Å². The Bertz CT molecular complexity index is 584. The molecule has 104 valence electrons. The van der Waals surface area contributed by atoms with Crippen molar-refractivity contribution in [3.05, 3.63) is 53.3 Å². The molecule has 1 aromatic heterocycles. The lowest BCUT2D eigenvalue weighted by molar-refractivity contribution is 0.0920. The first-order valence-electron chi connectivity index (χ1n) is 6.18. The molecule has 0 unspecified atom stereocenters. The Kier molecular flexibility index (Phi) is 4.96. The lowest BCUT2D eigenvalue weighted by Crippen LogP contribution is -2.12. The maximum Gasteiger partial charge on any atom is 0.201 e. The summed E-state index contributed by atoms with van der Waals surface area (Å²) in [5, 5.41) is 0.622. The highest BCUT2D eigenvalue weighted by Gasteiger charge is 2.09. The maximum absolute atomic E-state index is 12.0. The summed E-state index contributed by atoms with van der Waals surface area (Å²) in [6.45, 7) is 2.34. The van der Waals surface area contributed by atoms with E-state index in [1.165, 1.54) is 6.20 Å². The smallest absolute Gasteiger partial charge is 0.201 e. The molecule has 0 saturated carbocycles. The van der Waals surface area contributed by atoms with E-state index >= 15 is 0 Å². The Morgan fingerprint density at radius 1 is 1.15 bits per heavy atom. The number of ether oxygens (including phenoxy) is 2. The molecule has 4 nitrogen and oxygen atoms in total. The van der Waals surface area contributed by atoms with Gasteiger partial charge in [0, 0.05) is 16.8 Å². The highest BCUT2D eigenvalue weighted by atomic mass is 35.5. The van der Waals surface area contributed by atoms with Crippen molar-refractivity contribution in [2.75, 3.05) is 13.2 Å². The van der Waals surface area contributed by atoms with Gasteiger partial charge >= 0.3 is 0 Å². The summed E-state index contributed by atoms with van der Waals surface area (Å²) in [7, 11) is 0. The predicted octanol–water partition coefficient (Wildman–Crippen LogP) is 3.40. The number of ketones is 1. The molecular weight excluding hydrogens is 278 g/mol. The summed E-state index contributed by atoms with van der Waals surface area (Å²) < 4.78 is 10.7. The number of hydrogen-bond acceptors (Lipinski definition) is 4. The van der Waals surface area contributed by atoms with Gasteiger partial charge in [0.2, 0.25) is 5.78 Å². The van der Waals surface area contributed by atoms with Crippen molar-refractivity contribution in [1.82, 2.24) is 4.98 Å². The second-order valence-corrected chi connectivity index (χ2v) is 4.44. The Hall–Kier alpha value is -2.07. The van der Waals surface area contributed by atoms with Crippen LogP contribution in [-0.2, 0) is 0 Å². The molecule has 0 saturated heterocycles. The molecular formula is C15H14ClNO3. The molecule has 20 heavy (non-hydrogen) atoms. The quantitative estimate of drug-likeness (QED) is 0.765. The van der Waals surface area contributed by atoms with Crippen LogP contribution >= 0.6 is 11.6 Å². The number of aromatic nitrogens is 1. The fraction of sp³-hybridized carbons (Fsp3) is 0.200. The molecule has 0 N–H and O–H groups in total. The van der Waals surface area contributed by atoms with Crippen LogP contribution in [0.2, 0.25) is 5.02 Å². The summed E-state index contributed by atoms with van der Waals surface area (Å²) in [6, 6.07) is 8.50. The molecule has 0 bridgehead atoms. The fourth-order valence-corrected chi connectivity index (χ4v) is 1.71. The van der Waals surface area contributed by atoms with Gasteiger partial charge in [-0.1, -0.05) is 11.6 Å². The average Bonchev–Trinajstić information content (AvgIpc) is 2.47. The first-order valence-corrected chi connectivity index (χ1v) is 6.56. The van der Waals surface area contributed by atoms with E-state index in [4.69, 9.17) is 21.1 Å². The van der Waals surface area contributed by atoms with Crippen LogP contribution < -0.4 is 9.47 Å². The number of pyridine rings is 1. The number of nitrogens with zero attached hydrogens (tertiary/aromatic N) is 1. The summed E-state index contributed by atoms with van der Waals surface area (Å²) in [4.78, 5) is 16.0. The zero-order chi connectivity index (χ0) is 14.4. The van der Waals surface area contributed by atoms with Crippen LogP contribution in [0.15, 0.2) is 42.7 Å². The predicted molar refractivity (Wildman–Crippen MR) is 76.7 cm³/mol. The summed E-state index contributed by atoms with van der Waals surface area (Å²) in [5.74, 6) is 1.01. The molecule has 2 aromatic rings. The highest BCUT2D eigenvalue weighted by molar-refractivity contribution is 6.30. The van der Waals surface area contributed by atoms with Gasteiger partial charge in [0.15, 0.2) is 6.61 Å². The van der Waals surface area contributed by atoms with Crippen molar-refractivity contribution >= 4 is 17.4 Å². The number of halogens is 1. The van der Waals surface area contributed by atoms with Gasteiger partial charge in [-0.15, -0.1) is 0 Å². The zero-order valence-corrected chi connectivity index (χ0v) is 11.8. The van der Waals surface area contributed by atoms with Crippen LogP contribution in [-0.4, -0.2) is 24.0 Å². The van der Waals surface area contributed by atoms with Crippen molar-refractivity contribution in [3.63, 3.8) is 0 Å². The van der Waals surface area contributed by atoms with Crippen molar-refractivity contribution in [1.29, 1.82) is 0 Å². The fourth-order valence-electron chi connectivity index (χ4n) is 1.58. The first-order chi connectivity index (χ1) is 9.69. The molecule has 0 aliphatic heterocycles. The number of hydrogen-bond donors (Lipinski definition) is 0. The molecule has 0 aliphatic rings. The second-order valence-electron chi connectivity index (χ2n) is 4.01. The summed E-state index contributed by atoms with van der Waals surface area (Å²) >= 11 is 5.77. The largest absolute Gasteiger partial charge is 0.492 e. The third-order valence-electron chi connectivity index (χ3n) is 2.53. The van der Waals surface area contributed by atoms with E-state index in [0.29, 0.717) is 28.7 Å². The van der Waals surface area contributed by atoms with Crippen LogP contribution in [0.3, 0.4) is 0 Å². The van der Waals surface area contributed by atoms with Gasteiger partial charge in [-0.05, 0) is 37.3 Å². The van der Waals surface area contributed by atoms with E-state index in [0.717, 1.165) is 0 Å².